The van der Waals surface area contributed by atoms with Crippen molar-refractivity contribution in [1.82, 2.24) is 4.90 Å². The number of unbranched alkanes of at least 4 members (excludes halogenated alkanes) is 5. The van der Waals surface area contributed by atoms with Gasteiger partial charge in [0.2, 0.25) is 0 Å². The number of hydrogen-bond donors (Lipinski definition) is 1. The third kappa shape index (κ3) is 9.12. The number of nitrogens with one attached hydrogen (secondary N) is 1. The zero-order valence-electron chi connectivity index (χ0n) is 23.5. The molecule has 2 amide bonds. The molecule has 2 aromatic carbocycles. The van der Waals surface area contributed by atoms with E-state index >= 15 is 0 Å². The molecule has 0 spiro atoms. The maximum absolute atomic E-state index is 13.1. The van der Waals surface area contributed by atoms with E-state index in [-0.39, 0.29) is 28.8 Å². The number of halogens is 1. The van der Waals surface area contributed by atoms with Crippen LogP contribution in [-0.4, -0.2) is 67.1 Å². The summed E-state index contributed by atoms with van der Waals surface area (Å²) in [5.41, 5.74) is 1.84. The molecule has 1 aliphatic heterocycles. The summed E-state index contributed by atoms with van der Waals surface area (Å²) in [5, 5.41) is 2.96. The van der Waals surface area contributed by atoms with Crippen LogP contribution >= 0.6 is 0 Å². The maximum Gasteiger partial charge on any atom is 0.259 e. The van der Waals surface area contributed by atoms with Gasteiger partial charge < -0.3 is 36.4 Å². The van der Waals surface area contributed by atoms with Gasteiger partial charge in [0.05, 0.1) is 51.4 Å². The second-order valence-electron chi connectivity index (χ2n) is 10.3. The van der Waals surface area contributed by atoms with Crippen LogP contribution in [0.5, 0.6) is 5.75 Å². The summed E-state index contributed by atoms with van der Waals surface area (Å²) in [6.45, 7) is 13.2. The van der Waals surface area contributed by atoms with Crippen LogP contribution in [0.25, 0.3) is 0 Å². The average molecular weight is 589 g/mol. The van der Waals surface area contributed by atoms with Gasteiger partial charge in [0.1, 0.15) is 5.75 Å². The number of amides is 2. The fourth-order valence-corrected chi connectivity index (χ4v) is 5.19. The molecule has 1 fully saturated rings. The second-order valence-corrected chi connectivity index (χ2v) is 10.3. The van der Waals surface area contributed by atoms with Gasteiger partial charge >= 0.3 is 0 Å². The third-order valence-electron chi connectivity index (χ3n) is 7.62. The molecule has 2 aromatic rings. The Hall–Kier alpha value is -2.38. The average Bonchev–Trinajstić information content (AvgIpc) is 2.93. The third-order valence-corrected chi connectivity index (χ3v) is 7.62. The van der Waals surface area contributed by atoms with E-state index in [2.05, 4.69) is 26.1 Å². The van der Waals surface area contributed by atoms with Crippen LogP contribution in [0.4, 0.5) is 5.69 Å². The van der Waals surface area contributed by atoms with Crippen molar-refractivity contribution in [3.05, 3.63) is 59.7 Å². The molecule has 0 saturated carbocycles. The van der Waals surface area contributed by atoms with Crippen molar-refractivity contribution >= 4 is 17.5 Å². The van der Waals surface area contributed by atoms with Gasteiger partial charge in [-0.2, -0.15) is 0 Å². The Kier molecular flexibility index (Phi) is 13.9. The summed E-state index contributed by atoms with van der Waals surface area (Å²) in [4.78, 5) is 28.0. The first-order valence-corrected chi connectivity index (χ1v) is 14.3. The molecule has 38 heavy (non-hydrogen) atoms. The summed E-state index contributed by atoms with van der Waals surface area (Å²) >= 11 is 0. The minimum Gasteiger partial charge on any atom is -1.00 e. The number of carbonyl (C=O) groups is 2. The lowest BCUT2D eigenvalue weighted by Crippen LogP contribution is -3.00. The van der Waals surface area contributed by atoms with E-state index in [4.69, 9.17) is 4.74 Å². The standard InChI is InChI=1S/C31H45N3O3.BrH/c1-4-7-8-9-10-13-25-37-29-15-12-11-14-28(29)30(35)32-27-18-16-26(17-19-27)31(36)33-20-23-34(6-3,22-5-2)24-21-33;/h11-12,14-19H,4-10,13,20-25H2,1-3H3;1H. The number of benzene rings is 2. The Labute approximate surface area is 240 Å². The van der Waals surface area contributed by atoms with Gasteiger partial charge in [-0.05, 0) is 56.2 Å². The number of rotatable bonds is 14. The van der Waals surface area contributed by atoms with Crippen molar-refractivity contribution < 1.29 is 35.8 Å². The smallest absolute Gasteiger partial charge is 0.259 e. The summed E-state index contributed by atoms with van der Waals surface area (Å²) < 4.78 is 7.05. The minimum atomic E-state index is -0.210. The van der Waals surface area contributed by atoms with Crippen molar-refractivity contribution in [2.75, 3.05) is 51.2 Å². The first kappa shape index (κ1) is 31.8. The molecule has 0 atom stereocenters. The second kappa shape index (κ2) is 16.6. The number of piperazine rings is 1. The fourth-order valence-electron chi connectivity index (χ4n) is 5.19. The Morgan fingerprint density at radius 2 is 1.53 bits per heavy atom. The number of ether oxygens (including phenoxy) is 1. The molecule has 0 radical (unpaired) electrons. The van der Waals surface area contributed by atoms with Crippen LogP contribution in [0.2, 0.25) is 0 Å². The maximum atomic E-state index is 13.1. The van der Waals surface area contributed by atoms with E-state index < -0.39 is 0 Å². The van der Waals surface area contributed by atoms with Gasteiger partial charge in [0.25, 0.3) is 11.8 Å². The number of quaternary nitrogens is 1. The highest BCUT2D eigenvalue weighted by Gasteiger charge is 2.32. The molecule has 1 N–H and O–H groups in total. The lowest BCUT2D eigenvalue weighted by atomic mass is 10.1. The van der Waals surface area contributed by atoms with Gasteiger partial charge in [-0.3, -0.25) is 9.59 Å². The normalized spacial score (nSPS) is 14.4. The van der Waals surface area contributed by atoms with E-state index in [1.54, 1.807) is 18.2 Å². The minimum absolute atomic E-state index is 0. The van der Waals surface area contributed by atoms with E-state index in [9.17, 15) is 9.59 Å². The first-order valence-electron chi connectivity index (χ1n) is 14.3. The molecule has 3 rings (SSSR count). The van der Waals surface area contributed by atoms with E-state index in [1.165, 1.54) is 38.6 Å². The SMILES string of the molecule is CCCCCCCCOc1ccccc1C(=O)Nc1ccc(C(=O)N2CC[N+](CC)(CCC)CC2)cc1.[Br-]. The Balaban J connectivity index is 0.00000507. The van der Waals surface area contributed by atoms with Gasteiger partial charge in [0.15, 0.2) is 0 Å². The van der Waals surface area contributed by atoms with Gasteiger partial charge in [-0.15, -0.1) is 0 Å². The van der Waals surface area contributed by atoms with Gasteiger partial charge in [0, 0.05) is 11.3 Å². The number of carbonyl (C=O) groups excluding carboxylic acids is 2. The number of anilines is 1. The van der Waals surface area contributed by atoms with Gasteiger partial charge in [-0.1, -0.05) is 58.1 Å². The lowest BCUT2D eigenvalue weighted by Gasteiger charge is -2.44. The molecule has 1 heterocycles. The summed E-state index contributed by atoms with van der Waals surface area (Å²) in [6.07, 6.45) is 8.34. The number of nitrogens with zero attached hydrogens (tertiary/aromatic N) is 2. The molecule has 0 bridgehead atoms. The lowest BCUT2D eigenvalue weighted by molar-refractivity contribution is -0.930. The highest BCUT2D eigenvalue weighted by Crippen LogP contribution is 2.22. The molecule has 1 aliphatic rings. The quantitative estimate of drug-likeness (QED) is 0.272. The molecule has 1 saturated heterocycles. The van der Waals surface area contributed by atoms with Crippen molar-refractivity contribution in [2.45, 2.75) is 65.7 Å². The number of para-hydroxylation sites is 1. The number of likely N-dealkylation sites (N-methyl/N-ethyl adjacent to an activating group) is 1. The zero-order valence-corrected chi connectivity index (χ0v) is 25.1. The first-order chi connectivity index (χ1) is 18.0. The van der Waals surface area contributed by atoms with Crippen molar-refractivity contribution in [3.63, 3.8) is 0 Å². The molecule has 0 unspecified atom stereocenters. The monoisotopic (exact) mass is 587 g/mol. The van der Waals surface area contributed by atoms with Crippen molar-refractivity contribution in [3.8, 4) is 5.75 Å². The van der Waals surface area contributed by atoms with Crippen LogP contribution in [0.15, 0.2) is 48.5 Å². The molecule has 0 aliphatic carbocycles. The number of hydrogen-bond acceptors (Lipinski definition) is 3. The largest absolute Gasteiger partial charge is 1.00 e. The van der Waals surface area contributed by atoms with Gasteiger partial charge in [-0.25, -0.2) is 0 Å². The highest BCUT2D eigenvalue weighted by atomic mass is 79.9. The predicted molar refractivity (Wildman–Crippen MR) is 151 cm³/mol. The van der Waals surface area contributed by atoms with Crippen molar-refractivity contribution in [1.29, 1.82) is 0 Å². The van der Waals surface area contributed by atoms with Crippen molar-refractivity contribution in [2.24, 2.45) is 0 Å². The van der Waals surface area contributed by atoms with Crippen LogP contribution in [-0.2, 0) is 0 Å². The Morgan fingerprint density at radius 3 is 2.18 bits per heavy atom. The van der Waals surface area contributed by atoms with Crippen LogP contribution in [0.1, 0.15) is 86.4 Å². The molecule has 0 aromatic heterocycles. The van der Waals surface area contributed by atoms with E-state index in [1.807, 2.05) is 35.2 Å². The van der Waals surface area contributed by atoms with E-state index in [0.29, 0.717) is 29.2 Å². The van der Waals surface area contributed by atoms with Crippen LogP contribution < -0.4 is 27.0 Å². The van der Waals surface area contributed by atoms with Crippen LogP contribution in [0, 0.1) is 0 Å². The summed E-state index contributed by atoms with van der Waals surface area (Å²) in [7, 11) is 0. The topological polar surface area (TPSA) is 58.6 Å². The Bertz CT molecular complexity index is 988. The molecule has 210 valence electrons. The predicted octanol–water partition coefficient (Wildman–Crippen LogP) is 3.38. The zero-order chi connectivity index (χ0) is 26.5. The Morgan fingerprint density at radius 1 is 0.868 bits per heavy atom. The molecular weight excluding hydrogens is 542 g/mol. The fraction of sp³-hybridized carbons (Fsp3) is 0.548. The summed E-state index contributed by atoms with van der Waals surface area (Å²) in [6, 6.07) is 14.6. The molecule has 6 nitrogen and oxygen atoms in total. The summed E-state index contributed by atoms with van der Waals surface area (Å²) in [5.74, 6) is 0.463. The highest BCUT2D eigenvalue weighted by molar-refractivity contribution is 6.06. The molecular formula is C31H46BrN3O3. The molecule has 7 heteroatoms. The van der Waals surface area contributed by atoms with E-state index in [0.717, 1.165) is 50.0 Å². The van der Waals surface area contributed by atoms with Crippen LogP contribution in [0.3, 0.4) is 0 Å².